The average Bonchev–Trinajstić information content (AvgIpc) is 2.63. The van der Waals surface area contributed by atoms with Crippen LogP contribution in [0.3, 0.4) is 0 Å². The first kappa shape index (κ1) is 25.9. The van der Waals surface area contributed by atoms with E-state index in [1.165, 1.54) is 69.9 Å². The van der Waals surface area contributed by atoms with Crippen molar-refractivity contribution < 1.29 is 19.4 Å². The molecule has 1 N–H and O–H groups in total. The Kier molecular flexibility index (Phi) is 16.3. The fraction of sp³-hybridized carbons (Fsp3) is 0.818. The normalized spacial score (nSPS) is 12.1. The molecule has 0 fully saturated rings. The van der Waals surface area contributed by atoms with Crippen molar-refractivity contribution in [3.63, 3.8) is 0 Å². The van der Waals surface area contributed by atoms with E-state index in [0.29, 0.717) is 0 Å². The lowest BCUT2D eigenvalue weighted by molar-refractivity contribution is -0.144. The van der Waals surface area contributed by atoms with Crippen LogP contribution in [0.5, 0.6) is 0 Å². The Labute approximate surface area is 168 Å². The lowest BCUT2D eigenvalue weighted by Crippen LogP contribution is -2.36. The lowest BCUT2D eigenvalue weighted by atomic mass is 10.1. The predicted octanol–water partition coefficient (Wildman–Crippen LogP) is 6.05. The molecule has 0 aliphatic heterocycles. The molecule has 158 valence electrons. The molecule has 0 aliphatic rings. The first-order chi connectivity index (χ1) is 13.0. The lowest BCUT2D eigenvalue weighted by Gasteiger charge is -2.26. The quantitative estimate of drug-likeness (QED) is 0.132. The maximum atomic E-state index is 12.4. The Morgan fingerprint density at radius 1 is 0.889 bits per heavy atom. The van der Waals surface area contributed by atoms with Gasteiger partial charge in [0.25, 0.3) is 0 Å². The fourth-order valence-corrected chi connectivity index (χ4v) is 7.36. The van der Waals surface area contributed by atoms with Gasteiger partial charge in [0.2, 0.25) is 0 Å². The Bertz CT molecular complexity index is 415. The van der Waals surface area contributed by atoms with E-state index < -0.39 is 20.7 Å². The molecule has 1 unspecified atom stereocenters. The van der Waals surface area contributed by atoms with Crippen LogP contribution < -0.4 is 0 Å². The SMILES string of the molecule is C=C(CC(=O)O)C(=O)OC(CCCCCCCC)[SiH](CCCC)CCCC. The summed E-state index contributed by atoms with van der Waals surface area (Å²) in [5, 5.41) is 8.89. The minimum atomic E-state index is -1.21. The third-order valence-electron chi connectivity index (χ3n) is 5.14. The highest BCUT2D eigenvalue weighted by Crippen LogP contribution is 2.22. The van der Waals surface area contributed by atoms with Gasteiger partial charge in [-0.1, -0.05) is 104 Å². The van der Waals surface area contributed by atoms with Gasteiger partial charge in [0.1, 0.15) is 0 Å². The Balaban J connectivity index is 4.83. The van der Waals surface area contributed by atoms with Crippen LogP contribution in [0.25, 0.3) is 0 Å². The molecule has 27 heavy (non-hydrogen) atoms. The summed E-state index contributed by atoms with van der Waals surface area (Å²) in [6.07, 6.45) is 12.7. The number of esters is 1. The van der Waals surface area contributed by atoms with E-state index in [1.807, 2.05) is 0 Å². The van der Waals surface area contributed by atoms with Gasteiger partial charge in [0.05, 0.1) is 20.9 Å². The standard InChI is InChI=1S/C22H42O4Si/c1-5-8-11-12-13-14-15-21(26-22(25)19(4)18-20(23)24)27(16-9-6-2)17-10-7-3/h21,27H,4-18H2,1-3H3,(H,23,24). The molecule has 0 bridgehead atoms. The summed E-state index contributed by atoms with van der Waals surface area (Å²) in [6.45, 7) is 10.2. The number of ether oxygens (including phenoxy) is 1. The number of rotatable bonds is 18. The van der Waals surface area contributed by atoms with E-state index in [-0.39, 0.29) is 17.7 Å². The van der Waals surface area contributed by atoms with Crippen molar-refractivity contribution in [2.45, 2.75) is 116 Å². The molecule has 0 amide bonds. The fourth-order valence-electron chi connectivity index (χ4n) is 3.44. The van der Waals surface area contributed by atoms with Crippen molar-refractivity contribution in [2.75, 3.05) is 0 Å². The van der Waals surface area contributed by atoms with E-state index in [4.69, 9.17) is 9.84 Å². The first-order valence-corrected chi connectivity index (χ1v) is 13.4. The maximum Gasteiger partial charge on any atom is 0.333 e. The molecule has 4 nitrogen and oxygen atoms in total. The number of carbonyl (C=O) groups excluding carboxylic acids is 1. The van der Waals surface area contributed by atoms with Gasteiger partial charge < -0.3 is 9.84 Å². The largest absolute Gasteiger partial charge is 0.481 e. The van der Waals surface area contributed by atoms with Crippen LogP contribution in [-0.2, 0) is 14.3 Å². The van der Waals surface area contributed by atoms with Gasteiger partial charge in [-0.3, -0.25) is 4.79 Å². The highest BCUT2D eigenvalue weighted by atomic mass is 28.3. The van der Waals surface area contributed by atoms with Crippen LogP contribution in [0.15, 0.2) is 12.2 Å². The van der Waals surface area contributed by atoms with Crippen LogP contribution in [0, 0.1) is 0 Å². The first-order valence-electron chi connectivity index (χ1n) is 11.1. The molecule has 0 radical (unpaired) electrons. The second-order valence-electron chi connectivity index (χ2n) is 7.72. The summed E-state index contributed by atoms with van der Waals surface area (Å²) >= 11 is 0. The summed E-state index contributed by atoms with van der Waals surface area (Å²) in [7, 11) is -1.21. The van der Waals surface area contributed by atoms with Crippen LogP contribution >= 0.6 is 0 Å². The van der Waals surface area contributed by atoms with Gasteiger partial charge in [-0.05, 0) is 6.42 Å². The molecular formula is C22H42O4Si. The number of carboxylic acids is 1. The van der Waals surface area contributed by atoms with Gasteiger partial charge in [0, 0.05) is 5.57 Å². The number of hydrogen-bond acceptors (Lipinski definition) is 3. The average molecular weight is 399 g/mol. The summed E-state index contributed by atoms with van der Waals surface area (Å²) in [6, 6.07) is 2.41. The van der Waals surface area contributed by atoms with Crippen molar-refractivity contribution in [1.82, 2.24) is 0 Å². The molecule has 0 saturated heterocycles. The molecule has 0 aliphatic carbocycles. The summed E-state index contributed by atoms with van der Waals surface area (Å²) in [5.74, 6) is -1.53. The molecule has 0 aromatic rings. The highest BCUT2D eigenvalue weighted by Gasteiger charge is 2.27. The monoisotopic (exact) mass is 398 g/mol. The molecule has 1 atom stereocenters. The Hall–Kier alpha value is -1.10. The van der Waals surface area contributed by atoms with Gasteiger partial charge in [-0.25, -0.2) is 4.79 Å². The van der Waals surface area contributed by atoms with Gasteiger partial charge in [0.15, 0.2) is 0 Å². The van der Waals surface area contributed by atoms with Crippen molar-refractivity contribution in [3.05, 3.63) is 12.2 Å². The number of carboxylic acid groups (broad SMARTS) is 1. The molecule has 0 aromatic heterocycles. The molecule has 0 spiro atoms. The third kappa shape index (κ3) is 13.7. The van der Waals surface area contributed by atoms with Crippen molar-refractivity contribution in [2.24, 2.45) is 0 Å². The van der Waals surface area contributed by atoms with Crippen LogP contribution in [-0.4, -0.2) is 31.6 Å². The van der Waals surface area contributed by atoms with Crippen LogP contribution in [0.1, 0.15) is 97.8 Å². The van der Waals surface area contributed by atoms with Crippen molar-refractivity contribution >= 4 is 20.7 Å². The van der Waals surface area contributed by atoms with Crippen molar-refractivity contribution in [1.29, 1.82) is 0 Å². The second kappa shape index (κ2) is 17.0. The summed E-state index contributed by atoms with van der Waals surface area (Å²) in [4.78, 5) is 23.2. The van der Waals surface area contributed by atoms with Gasteiger partial charge in [-0.2, -0.15) is 0 Å². The Morgan fingerprint density at radius 2 is 1.41 bits per heavy atom. The van der Waals surface area contributed by atoms with E-state index in [1.54, 1.807) is 0 Å². The number of unbranched alkanes of at least 4 members (excludes halogenated alkanes) is 7. The molecule has 0 heterocycles. The highest BCUT2D eigenvalue weighted by molar-refractivity contribution is 6.60. The second-order valence-corrected chi connectivity index (χ2v) is 11.1. The minimum absolute atomic E-state index is 0.0207. The summed E-state index contributed by atoms with van der Waals surface area (Å²) in [5.41, 5.74) is 0.0847. The predicted molar refractivity (Wildman–Crippen MR) is 116 cm³/mol. The number of carbonyl (C=O) groups is 2. The zero-order valence-electron chi connectivity index (χ0n) is 17.9. The van der Waals surface area contributed by atoms with E-state index in [0.717, 1.165) is 12.8 Å². The van der Waals surface area contributed by atoms with Crippen molar-refractivity contribution in [3.8, 4) is 0 Å². The Morgan fingerprint density at radius 3 is 1.93 bits per heavy atom. The minimum Gasteiger partial charge on any atom is -0.481 e. The van der Waals surface area contributed by atoms with Crippen LogP contribution in [0.2, 0.25) is 12.1 Å². The zero-order chi connectivity index (χ0) is 20.5. The van der Waals surface area contributed by atoms with E-state index in [9.17, 15) is 9.59 Å². The van der Waals surface area contributed by atoms with E-state index >= 15 is 0 Å². The molecule has 5 heteroatoms. The number of hydrogen-bond donors (Lipinski definition) is 1. The molecule has 0 aromatic carbocycles. The third-order valence-corrected chi connectivity index (χ3v) is 8.96. The van der Waals surface area contributed by atoms with Gasteiger partial charge in [-0.15, -0.1) is 0 Å². The zero-order valence-corrected chi connectivity index (χ0v) is 19.1. The number of aliphatic carboxylic acids is 1. The molecule has 0 saturated carbocycles. The smallest absolute Gasteiger partial charge is 0.333 e. The molecular weight excluding hydrogens is 356 g/mol. The molecule has 0 rings (SSSR count). The maximum absolute atomic E-state index is 12.4. The topological polar surface area (TPSA) is 63.6 Å². The van der Waals surface area contributed by atoms with Gasteiger partial charge >= 0.3 is 11.9 Å². The van der Waals surface area contributed by atoms with E-state index in [2.05, 4.69) is 27.4 Å². The van der Waals surface area contributed by atoms with Crippen LogP contribution in [0.4, 0.5) is 0 Å². The summed E-state index contributed by atoms with van der Waals surface area (Å²) < 4.78 is 5.86.